The van der Waals surface area contributed by atoms with Crippen LogP contribution in [-0.2, 0) is 0 Å². The Kier molecular flexibility index (Phi) is 5.36. The molecule has 2 amide bonds. The van der Waals surface area contributed by atoms with Crippen molar-refractivity contribution in [1.29, 1.82) is 0 Å². The second-order valence-electron chi connectivity index (χ2n) is 9.77. The monoisotopic (exact) mass is 444 g/mol. The van der Waals surface area contributed by atoms with Crippen LogP contribution in [-0.4, -0.2) is 29.3 Å². The van der Waals surface area contributed by atoms with Crippen molar-refractivity contribution in [3.05, 3.63) is 63.6 Å². The number of amides is 2. The summed E-state index contributed by atoms with van der Waals surface area (Å²) in [4.78, 5) is 28.3. The number of nitrogens with one attached hydrogen (secondary N) is 1. The highest BCUT2D eigenvalue weighted by Gasteiger charge is 2.51. The molecular formula is C24H26Cl2N2O2. The molecule has 2 aromatic carbocycles. The van der Waals surface area contributed by atoms with Gasteiger partial charge in [-0.2, -0.15) is 0 Å². The van der Waals surface area contributed by atoms with Gasteiger partial charge in [0.25, 0.3) is 11.8 Å². The van der Waals surface area contributed by atoms with Crippen LogP contribution in [0.1, 0.15) is 60.7 Å². The number of hydrogen-bond acceptors (Lipinski definition) is 2. The Morgan fingerprint density at radius 1 is 1.03 bits per heavy atom. The van der Waals surface area contributed by atoms with Gasteiger partial charge in [-0.15, -0.1) is 0 Å². The minimum Gasteiger partial charge on any atom is -0.335 e. The van der Waals surface area contributed by atoms with Gasteiger partial charge in [-0.05, 0) is 60.4 Å². The van der Waals surface area contributed by atoms with E-state index in [2.05, 4.69) is 26.1 Å². The van der Waals surface area contributed by atoms with E-state index in [1.165, 1.54) is 6.07 Å². The summed E-state index contributed by atoms with van der Waals surface area (Å²) >= 11 is 12.1. The van der Waals surface area contributed by atoms with Gasteiger partial charge in [-0.1, -0.05) is 56.1 Å². The molecule has 158 valence electrons. The summed E-state index contributed by atoms with van der Waals surface area (Å²) in [6.45, 7) is 7.61. The molecule has 1 aliphatic carbocycles. The molecule has 1 saturated heterocycles. The number of carbonyl (C=O) groups is 2. The first-order valence-corrected chi connectivity index (χ1v) is 11.0. The molecule has 1 N–H and O–H groups in total. The van der Waals surface area contributed by atoms with Gasteiger partial charge in [0.05, 0.1) is 21.8 Å². The van der Waals surface area contributed by atoms with Crippen LogP contribution >= 0.6 is 23.2 Å². The predicted octanol–water partition coefficient (Wildman–Crippen LogP) is 6.29. The lowest BCUT2D eigenvalue weighted by Gasteiger charge is -2.39. The molecule has 0 spiro atoms. The molecular weight excluding hydrogens is 419 g/mol. The summed E-state index contributed by atoms with van der Waals surface area (Å²) in [7, 11) is 0. The number of likely N-dealkylation sites (tertiary alicyclic amines) is 1. The molecule has 1 aliphatic heterocycles. The second kappa shape index (κ2) is 7.58. The summed E-state index contributed by atoms with van der Waals surface area (Å²) in [6.07, 6.45) is 3.16. The van der Waals surface area contributed by atoms with Crippen LogP contribution in [0, 0.1) is 10.8 Å². The summed E-state index contributed by atoms with van der Waals surface area (Å²) in [5, 5.41) is 3.60. The quantitative estimate of drug-likeness (QED) is 0.604. The molecule has 2 atom stereocenters. The zero-order valence-electron chi connectivity index (χ0n) is 17.5. The third kappa shape index (κ3) is 4.08. The van der Waals surface area contributed by atoms with Gasteiger partial charge in [0, 0.05) is 17.6 Å². The summed E-state index contributed by atoms with van der Waals surface area (Å²) in [5.74, 6) is -0.398. The third-order valence-electron chi connectivity index (χ3n) is 6.26. The minimum atomic E-state index is -0.370. The molecule has 1 heterocycles. The standard InChI is InChI=1S/C24H26Cl2N2O2/c1-23(2)11-16-12-24(3,13-23)14-28(16)22(30)18-6-4-5-7-20(18)27-21(29)17-9-8-15(25)10-19(17)26/h4-10,16H,11-14H2,1-3H3,(H,27,29)/t16-,24+/m0/s1. The van der Waals surface area contributed by atoms with E-state index in [0.717, 1.165) is 25.8 Å². The number of fused-ring (bicyclic) bond motifs is 2. The molecule has 30 heavy (non-hydrogen) atoms. The Hall–Kier alpha value is -2.04. The summed E-state index contributed by atoms with van der Waals surface area (Å²) in [6, 6.07) is 12.1. The molecule has 1 saturated carbocycles. The highest BCUT2D eigenvalue weighted by atomic mass is 35.5. The van der Waals surface area contributed by atoms with E-state index >= 15 is 0 Å². The average molecular weight is 445 g/mol. The number of para-hydroxylation sites is 1. The Morgan fingerprint density at radius 3 is 2.50 bits per heavy atom. The lowest BCUT2D eigenvalue weighted by Crippen LogP contribution is -2.38. The van der Waals surface area contributed by atoms with Crippen molar-refractivity contribution in [3.63, 3.8) is 0 Å². The Balaban J connectivity index is 1.59. The van der Waals surface area contributed by atoms with Crippen LogP contribution in [0.25, 0.3) is 0 Å². The zero-order chi connectivity index (χ0) is 21.7. The Labute approximate surface area is 187 Å². The van der Waals surface area contributed by atoms with Crippen molar-refractivity contribution in [3.8, 4) is 0 Å². The first-order valence-electron chi connectivity index (χ1n) is 10.2. The lowest BCUT2D eigenvalue weighted by atomic mass is 9.65. The van der Waals surface area contributed by atoms with Crippen molar-refractivity contribution in [2.75, 3.05) is 11.9 Å². The van der Waals surface area contributed by atoms with Crippen LogP contribution in [0.5, 0.6) is 0 Å². The summed E-state index contributed by atoms with van der Waals surface area (Å²) < 4.78 is 0. The van der Waals surface area contributed by atoms with Gasteiger partial charge < -0.3 is 10.2 Å². The van der Waals surface area contributed by atoms with Crippen LogP contribution in [0.2, 0.25) is 10.0 Å². The number of halogens is 2. The highest BCUT2D eigenvalue weighted by Crippen LogP contribution is 2.52. The first kappa shape index (κ1) is 21.2. The van der Waals surface area contributed by atoms with Gasteiger partial charge >= 0.3 is 0 Å². The molecule has 2 aromatic rings. The second-order valence-corrected chi connectivity index (χ2v) is 10.6. The van der Waals surface area contributed by atoms with E-state index in [9.17, 15) is 9.59 Å². The van der Waals surface area contributed by atoms with Crippen LogP contribution in [0.4, 0.5) is 5.69 Å². The van der Waals surface area contributed by atoms with Gasteiger partial charge in [0.15, 0.2) is 0 Å². The van der Waals surface area contributed by atoms with Crippen molar-refractivity contribution < 1.29 is 9.59 Å². The zero-order valence-corrected chi connectivity index (χ0v) is 19.0. The predicted molar refractivity (Wildman–Crippen MR) is 121 cm³/mol. The van der Waals surface area contributed by atoms with Crippen molar-refractivity contribution in [2.24, 2.45) is 10.8 Å². The van der Waals surface area contributed by atoms with Gasteiger partial charge in [-0.3, -0.25) is 9.59 Å². The maximum Gasteiger partial charge on any atom is 0.257 e. The number of anilines is 1. The fourth-order valence-corrected chi connectivity index (χ4v) is 5.99. The lowest BCUT2D eigenvalue weighted by molar-refractivity contribution is 0.0709. The van der Waals surface area contributed by atoms with Crippen LogP contribution < -0.4 is 5.32 Å². The first-order chi connectivity index (χ1) is 14.1. The number of carbonyl (C=O) groups excluding carboxylic acids is 2. The van der Waals surface area contributed by atoms with Crippen molar-refractivity contribution in [1.82, 2.24) is 4.90 Å². The molecule has 6 heteroatoms. The van der Waals surface area contributed by atoms with E-state index in [0.29, 0.717) is 21.8 Å². The molecule has 0 aromatic heterocycles. The van der Waals surface area contributed by atoms with E-state index in [1.54, 1.807) is 24.3 Å². The van der Waals surface area contributed by atoms with Crippen LogP contribution in [0.3, 0.4) is 0 Å². The minimum absolute atomic E-state index is 0.0282. The van der Waals surface area contributed by atoms with E-state index in [4.69, 9.17) is 23.2 Å². The third-order valence-corrected chi connectivity index (χ3v) is 6.80. The van der Waals surface area contributed by atoms with Crippen molar-refractivity contribution >= 4 is 40.7 Å². The molecule has 0 radical (unpaired) electrons. The van der Waals surface area contributed by atoms with Gasteiger partial charge in [0.1, 0.15) is 0 Å². The number of nitrogens with zero attached hydrogens (tertiary/aromatic N) is 1. The molecule has 0 unspecified atom stereocenters. The fraction of sp³-hybridized carbons (Fsp3) is 0.417. The molecule has 4 rings (SSSR count). The van der Waals surface area contributed by atoms with E-state index in [1.807, 2.05) is 17.0 Å². The molecule has 2 aliphatic rings. The Bertz CT molecular complexity index is 1020. The number of benzene rings is 2. The SMILES string of the molecule is CC1(C)C[C@H]2C[C@@](C)(CN2C(=O)c2ccccc2NC(=O)c2ccc(Cl)cc2Cl)C1. The number of hydrogen-bond donors (Lipinski definition) is 1. The van der Waals surface area contributed by atoms with Crippen LogP contribution in [0.15, 0.2) is 42.5 Å². The molecule has 2 bridgehead atoms. The van der Waals surface area contributed by atoms with E-state index < -0.39 is 0 Å². The number of rotatable bonds is 3. The fourth-order valence-electron chi connectivity index (χ4n) is 5.49. The largest absolute Gasteiger partial charge is 0.335 e. The van der Waals surface area contributed by atoms with Gasteiger partial charge in [0.2, 0.25) is 0 Å². The summed E-state index contributed by atoms with van der Waals surface area (Å²) in [5.41, 5.74) is 1.69. The van der Waals surface area contributed by atoms with Crippen molar-refractivity contribution in [2.45, 2.75) is 46.1 Å². The smallest absolute Gasteiger partial charge is 0.257 e. The highest BCUT2D eigenvalue weighted by molar-refractivity contribution is 6.37. The van der Waals surface area contributed by atoms with Gasteiger partial charge in [-0.25, -0.2) is 0 Å². The average Bonchev–Trinajstić information content (AvgIpc) is 2.90. The molecule has 2 fully saturated rings. The maximum atomic E-state index is 13.5. The topological polar surface area (TPSA) is 49.4 Å². The normalized spacial score (nSPS) is 24.6. The molecule has 4 nitrogen and oxygen atoms in total. The maximum absolute atomic E-state index is 13.5. The Morgan fingerprint density at radius 2 is 1.77 bits per heavy atom. The van der Waals surface area contributed by atoms with E-state index in [-0.39, 0.29) is 33.7 Å².